The lowest BCUT2D eigenvalue weighted by molar-refractivity contribution is -0.681. The number of hydrogen-bond donors (Lipinski definition) is 0. The van der Waals surface area contributed by atoms with Gasteiger partial charge in [0.05, 0.1) is 13.1 Å². The third-order valence-electron chi connectivity index (χ3n) is 7.45. The van der Waals surface area contributed by atoms with E-state index in [1.807, 2.05) is 0 Å². The molecule has 0 spiro atoms. The first-order chi connectivity index (χ1) is 19.2. The summed E-state index contributed by atoms with van der Waals surface area (Å²) >= 11 is 0. The molecule has 0 radical (unpaired) electrons. The fourth-order valence-corrected chi connectivity index (χ4v) is 22.5. The third-order valence-corrected chi connectivity index (χ3v) is 21.7. The number of nitrogens with zero attached hydrogens (tertiary/aromatic N) is 4. The van der Waals surface area contributed by atoms with Crippen molar-refractivity contribution in [2.45, 2.75) is 84.2 Å². The number of aryl methyl sites for hydroxylation is 2. The van der Waals surface area contributed by atoms with Crippen molar-refractivity contribution >= 4 is 43.6 Å². The number of imidazole rings is 2. The van der Waals surface area contributed by atoms with Crippen molar-refractivity contribution in [2.75, 3.05) is 0 Å². The second kappa shape index (κ2) is 15.5. The summed E-state index contributed by atoms with van der Waals surface area (Å²) in [5, 5.41) is 2.73. The lowest BCUT2D eigenvalue weighted by Crippen LogP contribution is -3.00. The summed E-state index contributed by atoms with van der Waals surface area (Å²) in [5.74, 6) is 0. The van der Waals surface area contributed by atoms with Crippen LogP contribution < -0.4 is 44.3 Å². The Morgan fingerprint density at radius 1 is 0.558 bits per heavy atom. The average molecular weight is 694 g/mol. The summed E-state index contributed by atoms with van der Waals surface area (Å²) in [6.07, 6.45) is 16.3. The maximum absolute atomic E-state index is 6.89. The van der Waals surface area contributed by atoms with Gasteiger partial charge in [0.1, 0.15) is 37.1 Å². The lowest BCUT2D eigenvalue weighted by atomic mass is 10.4. The van der Waals surface area contributed by atoms with Gasteiger partial charge in [-0.05, 0) is 62.7 Å². The molecule has 0 atom stereocenters. The van der Waals surface area contributed by atoms with Gasteiger partial charge in [0.15, 0.2) is 0 Å². The van der Waals surface area contributed by atoms with E-state index in [4.69, 9.17) is 8.23 Å². The van der Waals surface area contributed by atoms with E-state index < -0.39 is 33.3 Å². The maximum Gasteiger partial charge on any atom is 0.243 e. The Labute approximate surface area is 276 Å². The van der Waals surface area contributed by atoms with Gasteiger partial charge in [0.2, 0.25) is 45.9 Å². The van der Waals surface area contributed by atoms with Crippen molar-refractivity contribution in [3.05, 3.63) is 98.1 Å². The largest absolute Gasteiger partial charge is 1.00 e. The molecule has 4 rings (SSSR count). The van der Waals surface area contributed by atoms with Crippen molar-refractivity contribution in [3.63, 3.8) is 0 Å². The third kappa shape index (κ3) is 11.3. The van der Waals surface area contributed by atoms with Gasteiger partial charge in [-0.2, -0.15) is 0 Å². The van der Waals surface area contributed by atoms with Gasteiger partial charge in [-0.15, -0.1) is 0 Å². The minimum Gasteiger partial charge on any atom is -1.00 e. The van der Waals surface area contributed by atoms with E-state index in [2.05, 4.69) is 169 Å². The van der Waals surface area contributed by atoms with Crippen LogP contribution in [0.2, 0.25) is 52.4 Å². The van der Waals surface area contributed by atoms with Crippen LogP contribution in [0.25, 0.3) is 0 Å². The SMILES string of the molecule is C[Si](C)(C[n+]1ccn(CCCn2cc[n+](C[Si](C)(C)O[Si](C)(C)c3ccccc3)c2)c1)O[Si](C)(C)c1ccccc1.[Cl-].[Cl-]. The smallest absolute Gasteiger partial charge is 0.243 e. The molecule has 12 heteroatoms. The predicted molar refractivity (Wildman–Crippen MR) is 178 cm³/mol. The number of benzene rings is 2. The molecule has 0 N–H and O–H groups in total. The number of hydrogen-bond acceptors (Lipinski definition) is 2. The Morgan fingerprint density at radius 3 is 1.26 bits per heavy atom. The van der Waals surface area contributed by atoms with Crippen molar-refractivity contribution in [1.82, 2.24) is 9.13 Å². The Kier molecular flexibility index (Phi) is 13.5. The summed E-state index contributed by atoms with van der Waals surface area (Å²) < 4.78 is 23.0. The highest BCUT2D eigenvalue weighted by molar-refractivity contribution is 6.92. The molecule has 0 aliphatic carbocycles. The first-order valence-corrected chi connectivity index (χ1v) is 26.9. The van der Waals surface area contributed by atoms with Gasteiger partial charge in [-0.1, -0.05) is 60.7 Å². The molecule has 2 aromatic heterocycles. The summed E-state index contributed by atoms with van der Waals surface area (Å²) in [4.78, 5) is 0. The quantitative estimate of drug-likeness (QED) is 0.122. The molecule has 236 valence electrons. The van der Waals surface area contributed by atoms with Crippen LogP contribution in [0.1, 0.15) is 6.42 Å². The molecule has 0 saturated heterocycles. The van der Waals surface area contributed by atoms with E-state index in [9.17, 15) is 0 Å². The van der Waals surface area contributed by atoms with Crippen LogP contribution in [0, 0.1) is 0 Å². The zero-order valence-corrected chi connectivity index (χ0v) is 32.6. The normalized spacial score (nSPS) is 12.5. The van der Waals surface area contributed by atoms with Crippen LogP contribution in [0.3, 0.4) is 0 Å². The molecular weight excluding hydrogens is 644 g/mol. The van der Waals surface area contributed by atoms with Crippen LogP contribution in [-0.2, 0) is 33.7 Å². The molecular formula is C31H50Cl2N4O2Si4. The van der Waals surface area contributed by atoms with Crippen molar-refractivity contribution in [1.29, 1.82) is 0 Å². The molecule has 0 aliphatic heterocycles. The van der Waals surface area contributed by atoms with E-state index in [-0.39, 0.29) is 24.8 Å². The van der Waals surface area contributed by atoms with Gasteiger partial charge >= 0.3 is 0 Å². The molecule has 43 heavy (non-hydrogen) atoms. The molecule has 0 unspecified atom stereocenters. The van der Waals surface area contributed by atoms with E-state index in [0.717, 1.165) is 31.8 Å². The monoisotopic (exact) mass is 692 g/mol. The van der Waals surface area contributed by atoms with Gasteiger partial charge in [-0.3, -0.25) is 0 Å². The van der Waals surface area contributed by atoms with Gasteiger partial charge in [-0.25, -0.2) is 18.3 Å². The van der Waals surface area contributed by atoms with Crippen LogP contribution in [0.4, 0.5) is 0 Å². The molecule has 0 saturated carbocycles. The highest BCUT2D eigenvalue weighted by Crippen LogP contribution is 2.16. The van der Waals surface area contributed by atoms with Gasteiger partial charge < -0.3 is 33.0 Å². The molecule has 0 amide bonds. The molecule has 0 aliphatic rings. The molecule has 2 aromatic carbocycles. The zero-order valence-electron chi connectivity index (χ0n) is 27.1. The fraction of sp³-hybridized carbons (Fsp3) is 0.419. The van der Waals surface area contributed by atoms with E-state index >= 15 is 0 Å². The first-order valence-electron chi connectivity index (χ1n) is 14.8. The van der Waals surface area contributed by atoms with Gasteiger partial charge in [0.25, 0.3) is 0 Å². The van der Waals surface area contributed by atoms with Crippen LogP contribution in [0.5, 0.6) is 0 Å². The number of aromatic nitrogens is 4. The van der Waals surface area contributed by atoms with Crippen molar-refractivity contribution < 1.29 is 42.2 Å². The van der Waals surface area contributed by atoms with Crippen LogP contribution in [0.15, 0.2) is 98.1 Å². The van der Waals surface area contributed by atoms with Crippen LogP contribution >= 0.6 is 0 Å². The standard InChI is InChI=1S/C31H50N4O2Si4.2ClH/c1-38(2,36-40(5,6)30-16-11-9-12-17-30)28-34-24-22-32(26-34)20-15-21-33-23-25-35(27-33)29-39(3,4)37-41(7,8)31-18-13-10-14-19-31;;/h9-14,16-19,22-27H,15,20-21,28-29H2,1-8H3;2*1H/q+2;;/p-2. The summed E-state index contributed by atoms with van der Waals surface area (Å²) in [7, 11) is -7.62. The highest BCUT2D eigenvalue weighted by Gasteiger charge is 2.37. The van der Waals surface area contributed by atoms with Crippen molar-refractivity contribution in [2.24, 2.45) is 0 Å². The van der Waals surface area contributed by atoms with Gasteiger partial charge in [0, 0.05) is 6.42 Å². The zero-order chi connectivity index (χ0) is 29.7. The minimum atomic E-state index is -1.93. The Hall–Kier alpha value is -1.77. The Bertz CT molecular complexity index is 1290. The summed E-state index contributed by atoms with van der Waals surface area (Å²) in [5.41, 5.74) is 0. The number of halogens is 2. The Balaban J connectivity index is 0.00000323. The van der Waals surface area contributed by atoms with Crippen molar-refractivity contribution in [3.8, 4) is 0 Å². The van der Waals surface area contributed by atoms with E-state index in [1.165, 1.54) is 10.4 Å². The summed E-state index contributed by atoms with van der Waals surface area (Å²) in [6, 6.07) is 21.5. The molecule has 2 heterocycles. The molecule has 0 fully saturated rings. The topological polar surface area (TPSA) is 36.1 Å². The second-order valence-electron chi connectivity index (χ2n) is 13.5. The molecule has 6 nitrogen and oxygen atoms in total. The maximum atomic E-state index is 6.89. The minimum absolute atomic E-state index is 0. The molecule has 4 aromatic rings. The average Bonchev–Trinajstić information content (AvgIpc) is 3.52. The number of rotatable bonds is 14. The fourth-order valence-electron chi connectivity index (χ4n) is 5.89. The molecule has 0 bridgehead atoms. The van der Waals surface area contributed by atoms with Crippen LogP contribution in [-0.4, -0.2) is 42.4 Å². The first kappa shape index (κ1) is 37.4. The Morgan fingerprint density at radius 2 is 0.907 bits per heavy atom. The van der Waals surface area contributed by atoms with E-state index in [0.29, 0.717) is 0 Å². The van der Waals surface area contributed by atoms with E-state index in [1.54, 1.807) is 0 Å². The predicted octanol–water partition coefficient (Wildman–Crippen LogP) is -1.29. The highest BCUT2D eigenvalue weighted by atomic mass is 35.5. The summed E-state index contributed by atoms with van der Waals surface area (Å²) in [6.45, 7) is 20.7. The second-order valence-corrected chi connectivity index (χ2v) is 30.0. The lowest BCUT2D eigenvalue weighted by Gasteiger charge is -2.33.